The van der Waals surface area contributed by atoms with Crippen molar-refractivity contribution in [2.45, 2.75) is 32.0 Å². The molecular formula is C28H27FN4O5. The Morgan fingerprint density at radius 3 is 2.26 bits per heavy atom. The van der Waals surface area contributed by atoms with E-state index in [1.807, 2.05) is 13.0 Å². The van der Waals surface area contributed by atoms with Gasteiger partial charge in [0.05, 0.1) is 12.5 Å². The fourth-order valence-corrected chi connectivity index (χ4v) is 4.54. The molecule has 38 heavy (non-hydrogen) atoms. The van der Waals surface area contributed by atoms with Gasteiger partial charge in [0.15, 0.2) is 6.17 Å². The molecule has 9 nitrogen and oxygen atoms in total. The van der Waals surface area contributed by atoms with Gasteiger partial charge in [-0.25, -0.2) is 4.39 Å². The van der Waals surface area contributed by atoms with Crippen LogP contribution in [-0.4, -0.2) is 62.8 Å². The second-order valence-corrected chi connectivity index (χ2v) is 9.04. The number of carbonyl (C=O) groups excluding carboxylic acids is 3. The van der Waals surface area contributed by atoms with E-state index >= 15 is 0 Å². The number of pyridine rings is 1. The number of hydrogen-bond donors (Lipinski definition) is 2. The molecule has 2 aromatic carbocycles. The number of benzene rings is 2. The first kappa shape index (κ1) is 26.5. The first-order valence-corrected chi connectivity index (χ1v) is 12.1. The van der Waals surface area contributed by atoms with Gasteiger partial charge in [-0.15, -0.1) is 0 Å². The molecule has 2 atom stereocenters. The molecule has 1 fully saturated rings. The standard InChI is InChI=1S/C28H27FN4O5/c1-18-5-2-6-20(15-18)23(17-24(34)35)31-25(36)26-32(27(37)19-9-11-30-12-10-19)13-4-14-33(26)28(38)21-7-3-8-22(29)16-21/h2-3,5-12,15-16,23,26H,4,13-14,17H2,1H3,(H,31,36)(H,34,35). The van der Waals surface area contributed by atoms with Gasteiger partial charge in [-0.2, -0.15) is 0 Å². The van der Waals surface area contributed by atoms with E-state index < -0.39 is 48.1 Å². The third-order valence-corrected chi connectivity index (χ3v) is 6.28. The van der Waals surface area contributed by atoms with Crippen LogP contribution < -0.4 is 5.32 Å². The normalized spacial score (nSPS) is 16.0. The summed E-state index contributed by atoms with van der Waals surface area (Å²) in [7, 11) is 0. The highest BCUT2D eigenvalue weighted by atomic mass is 19.1. The summed E-state index contributed by atoms with van der Waals surface area (Å²) in [5.74, 6) is -3.57. The SMILES string of the molecule is Cc1cccc(C(CC(=O)O)NC(=O)C2N(C(=O)c3ccncc3)CCCN2C(=O)c2cccc(F)c2)c1. The summed E-state index contributed by atoms with van der Waals surface area (Å²) in [5.41, 5.74) is 1.76. The lowest BCUT2D eigenvalue weighted by Gasteiger charge is -2.43. The van der Waals surface area contributed by atoms with Crippen LogP contribution in [0.4, 0.5) is 4.39 Å². The molecule has 2 heterocycles. The van der Waals surface area contributed by atoms with E-state index in [2.05, 4.69) is 10.3 Å². The van der Waals surface area contributed by atoms with Gasteiger partial charge in [-0.05, 0) is 49.2 Å². The number of carboxylic acid groups (broad SMARTS) is 1. The van der Waals surface area contributed by atoms with Gasteiger partial charge in [0.2, 0.25) is 0 Å². The Bertz CT molecular complexity index is 1350. The zero-order valence-electron chi connectivity index (χ0n) is 20.7. The summed E-state index contributed by atoms with van der Waals surface area (Å²) >= 11 is 0. The monoisotopic (exact) mass is 518 g/mol. The van der Waals surface area contributed by atoms with Crippen LogP contribution in [0.3, 0.4) is 0 Å². The predicted molar refractivity (Wildman–Crippen MR) is 135 cm³/mol. The van der Waals surface area contributed by atoms with E-state index in [1.165, 1.54) is 52.5 Å². The Morgan fingerprint density at radius 1 is 0.974 bits per heavy atom. The van der Waals surface area contributed by atoms with E-state index in [0.29, 0.717) is 12.0 Å². The topological polar surface area (TPSA) is 120 Å². The molecule has 2 unspecified atom stereocenters. The van der Waals surface area contributed by atoms with Gasteiger partial charge in [0.1, 0.15) is 5.82 Å². The fraction of sp³-hybridized carbons (Fsp3) is 0.250. The third kappa shape index (κ3) is 6.03. The van der Waals surface area contributed by atoms with Crippen LogP contribution in [0.1, 0.15) is 50.7 Å². The van der Waals surface area contributed by atoms with Gasteiger partial charge in [0.25, 0.3) is 17.7 Å². The minimum absolute atomic E-state index is 0.0294. The minimum atomic E-state index is -1.39. The van der Waals surface area contributed by atoms with E-state index in [1.54, 1.807) is 18.2 Å². The molecule has 0 radical (unpaired) electrons. The second kappa shape index (κ2) is 11.6. The largest absolute Gasteiger partial charge is 0.481 e. The van der Waals surface area contributed by atoms with Crippen LogP contribution in [0.15, 0.2) is 73.1 Å². The van der Waals surface area contributed by atoms with Crippen LogP contribution >= 0.6 is 0 Å². The number of halogens is 1. The van der Waals surface area contributed by atoms with Crippen molar-refractivity contribution in [1.82, 2.24) is 20.1 Å². The quantitative estimate of drug-likeness (QED) is 0.496. The van der Waals surface area contributed by atoms with Gasteiger partial charge >= 0.3 is 5.97 Å². The average Bonchev–Trinajstić information content (AvgIpc) is 2.91. The van der Waals surface area contributed by atoms with Crippen LogP contribution in [-0.2, 0) is 9.59 Å². The summed E-state index contributed by atoms with van der Waals surface area (Å²) in [4.78, 5) is 58.9. The number of aromatic nitrogens is 1. The van der Waals surface area contributed by atoms with E-state index in [4.69, 9.17) is 0 Å². The molecule has 4 rings (SSSR count). The van der Waals surface area contributed by atoms with Crippen molar-refractivity contribution < 1.29 is 28.7 Å². The summed E-state index contributed by atoms with van der Waals surface area (Å²) < 4.78 is 13.9. The van der Waals surface area contributed by atoms with E-state index in [9.17, 15) is 28.7 Å². The number of aliphatic carboxylic acids is 1. The molecule has 1 aliphatic heterocycles. The maximum Gasteiger partial charge on any atom is 0.305 e. The number of amides is 3. The lowest BCUT2D eigenvalue weighted by atomic mass is 10.0. The number of carboxylic acids is 1. The molecule has 2 N–H and O–H groups in total. The molecule has 1 aliphatic rings. The van der Waals surface area contributed by atoms with Crippen molar-refractivity contribution in [3.63, 3.8) is 0 Å². The smallest absolute Gasteiger partial charge is 0.305 e. The first-order valence-electron chi connectivity index (χ1n) is 12.1. The second-order valence-electron chi connectivity index (χ2n) is 9.04. The fourth-order valence-electron chi connectivity index (χ4n) is 4.54. The van der Waals surface area contributed by atoms with E-state index in [-0.39, 0.29) is 24.2 Å². The maximum absolute atomic E-state index is 13.9. The Kier molecular flexibility index (Phi) is 8.10. The lowest BCUT2D eigenvalue weighted by Crippen LogP contribution is -2.63. The molecule has 0 saturated carbocycles. The van der Waals surface area contributed by atoms with Crippen LogP contribution in [0.25, 0.3) is 0 Å². The Labute approximate surface area is 218 Å². The molecule has 0 bridgehead atoms. The van der Waals surface area contributed by atoms with Crippen molar-refractivity contribution in [3.8, 4) is 0 Å². The molecule has 196 valence electrons. The number of hydrogen-bond acceptors (Lipinski definition) is 5. The average molecular weight is 519 g/mol. The Hall–Kier alpha value is -4.60. The van der Waals surface area contributed by atoms with Crippen molar-refractivity contribution in [2.75, 3.05) is 13.1 Å². The molecule has 1 aromatic heterocycles. The molecular weight excluding hydrogens is 491 g/mol. The molecule has 1 saturated heterocycles. The number of nitrogens with zero attached hydrogens (tertiary/aromatic N) is 3. The highest BCUT2D eigenvalue weighted by molar-refractivity contribution is 6.01. The van der Waals surface area contributed by atoms with Crippen molar-refractivity contribution in [1.29, 1.82) is 0 Å². The van der Waals surface area contributed by atoms with Crippen LogP contribution in [0.2, 0.25) is 0 Å². The zero-order valence-corrected chi connectivity index (χ0v) is 20.7. The first-order chi connectivity index (χ1) is 18.2. The molecule has 0 spiro atoms. The molecule has 0 aliphatic carbocycles. The van der Waals surface area contributed by atoms with E-state index in [0.717, 1.165) is 11.6 Å². The van der Waals surface area contributed by atoms with Crippen molar-refractivity contribution >= 4 is 23.7 Å². The number of nitrogens with one attached hydrogen (secondary N) is 1. The van der Waals surface area contributed by atoms with Crippen LogP contribution in [0, 0.1) is 12.7 Å². The van der Waals surface area contributed by atoms with Crippen molar-refractivity contribution in [3.05, 3.63) is 101 Å². The minimum Gasteiger partial charge on any atom is -0.481 e. The maximum atomic E-state index is 13.9. The predicted octanol–water partition coefficient (Wildman–Crippen LogP) is 3.18. The zero-order chi connectivity index (χ0) is 27.2. The van der Waals surface area contributed by atoms with Crippen molar-refractivity contribution in [2.24, 2.45) is 0 Å². The lowest BCUT2D eigenvalue weighted by molar-refractivity contribution is -0.138. The Morgan fingerprint density at radius 2 is 1.63 bits per heavy atom. The number of carbonyl (C=O) groups is 4. The molecule has 10 heteroatoms. The molecule has 3 aromatic rings. The third-order valence-electron chi connectivity index (χ3n) is 6.28. The Balaban J connectivity index is 1.72. The number of aryl methyl sites for hydroxylation is 1. The van der Waals surface area contributed by atoms with Gasteiger partial charge in [-0.1, -0.05) is 35.9 Å². The highest BCUT2D eigenvalue weighted by Gasteiger charge is 2.41. The summed E-state index contributed by atoms with van der Waals surface area (Å²) in [5, 5.41) is 12.3. The van der Waals surface area contributed by atoms with Crippen LogP contribution in [0.5, 0.6) is 0 Å². The summed E-state index contributed by atoms with van der Waals surface area (Å²) in [6, 6.07) is 14.3. The van der Waals surface area contributed by atoms with Gasteiger partial charge < -0.3 is 20.2 Å². The number of rotatable bonds is 7. The summed E-state index contributed by atoms with van der Waals surface area (Å²) in [6.07, 6.45) is 1.49. The highest BCUT2D eigenvalue weighted by Crippen LogP contribution is 2.24. The van der Waals surface area contributed by atoms with Gasteiger partial charge in [0, 0.05) is 36.6 Å². The van der Waals surface area contributed by atoms with Gasteiger partial charge in [-0.3, -0.25) is 24.2 Å². The summed E-state index contributed by atoms with van der Waals surface area (Å²) in [6.45, 7) is 2.17. The molecule has 3 amide bonds.